The highest BCUT2D eigenvalue weighted by atomic mass is 35.5. The van der Waals surface area contributed by atoms with E-state index in [1.807, 2.05) is 65.6 Å². The first-order valence-corrected chi connectivity index (χ1v) is 12.2. The van der Waals surface area contributed by atoms with E-state index in [1.54, 1.807) is 24.1 Å². The summed E-state index contributed by atoms with van der Waals surface area (Å²) in [6.45, 7) is 3.20. The third kappa shape index (κ3) is 4.80. The van der Waals surface area contributed by atoms with Crippen LogP contribution < -0.4 is 4.90 Å². The Kier molecular flexibility index (Phi) is 6.67. The number of fused-ring (bicyclic) bond motifs is 1. The number of hydrogen-bond acceptors (Lipinski definition) is 4. The predicted molar refractivity (Wildman–Crippen MR) is 146 cm³/mol. The lowest BCUT2D eigenvalue weighted by atomic mass is 10.0. The first-order chi connectivity index (χ1) is 17.4. The third-order valence-electron chi connectivity index (χ3n) is 6.56. The van der Waals surface area contributed by atoms with Gasteiger partial charge in [0.05, 0.1) is 22.5 Å². The Morgan fingerprint density at radius 1 is 1.00 bits per heavy atom. The van der Waals surface area contributed by atoms with E-state index in [-0.39, 0.29) is 11.9 Å². The van der Waals surface area contributed by atoms with Crippen molar-refractivity contribution >= 4 is 45.6 Å². The highest BCUT2D eigenvalue weighted by Gasteiger charge is 2.23. The van der Waals surface area contributed by atoms with Crippen molar-refractivity contribution in [3.63, 3.8) is 0 Å². The number of carbonyl (C=O) groups is 1. The molecule has 1 saturated heterocycles. The van der Waals surface area contributed by atoms with Crippen LogP contribution in [0.3, 0.4) is 0 Å². The first kappa shape index (κ1) is 23.9. The van der Waals surface area contributed by atoms with Crippen LogP contribution >= 0.6 is 11.6 Å². The summed E-state index contributed by atoms with van der Waals surface area (Å²) in [5.41, 5.74) is 4.35. The summed E-state index contributed by atoms with van der Waals surface area (Å²) >= 11 is 6.16. The maximum atomic E-state index is 13.0. The number of aliphatic imine (C=N–C) groups is 1. The van der Waals surface area contributed by atoms with Gasteiger partial charge in [0.1, 0.15) is 0 Å². The number of nitrogens with one attached hydrogen (secondary N) is 1. The molecule has 0 aliphatic carbocycles. The second kappa shape index (κ2) is 10.0. The van der Waals surface area contributed by atoms with Crippen molar-refractivity contribution in [1.29, 1.82) is 0 Å². The monoisotopic (exact) mass is 501 g/mol. The van der Waals surface area contributed by atoms with Crippen molar-refractivity contribution in [2.75, 3.05) is 45.2 Å². The number of carbonyl (C=O) groups excluding carboxylic acids is 1. The van der Waals surface area contributed by atoms with Crippen molar-refractivity contribution in [3.8, 4) is 5.88 Å². The number of H-pyrrole nitrogens is 1. The molecule has 3 aromatic carbocycles. The Bertz CT molecular complexity index is 1410. The van der Waals surface area contributed by atoms with E-state index in [1.165, 1.54) is 0 Å². The molecule has 1 aromatic heterocycles. The maximum Gasteiger partial charge on any atom is 0.324 e. The van der Waals surface area contributed by atoms with Gasteiger partial charge in [0.25, 0.3) is 0 Å². The fraction of sp³-hybridized carbons (Fsp3) is 0.214. The van der Waals surface area contributed by atoms with Crippen LogP contribution in [0.5, 0.6) is 5.88 Å². The standard InChI is InChI=1S/C28H28ClN5O2/c1-32-14-16-34(17-15-32)28(36)33(2)22-11-9-21(10-12-22)30-26(19-6-4-3-5-7-19)25-23-13-8-20(29)18-24(23)31-27(25)35/h3-13,18,31,35H,14-17H2,1-2H3. The molecule has 4 aromatic rings. The normalized spacial score (nSPS) is 14.9. The second-order valence-electron chi connectivity index (χ2n) is 9.01. The van der Waals surface area contributed by atoms with Crippen molar-refractivity contribution in [1.82, 2.24) is 14.8 Å². The van der Waals surface area contributed by atoms with E-state index in [4.69, 9.17) is 16.6 Å². The highest BCUT2D eigenvalue weighted by molar-refractivity contribution is 6.31. The summed E-state index contributed by atoms with van der Waals surface area (Å²) < 4.78 is 0. The van der Waals surface area contributed by atoms with E-state index in [0.29, 0.717) is 22.0 Å². The number of aromatic hydroxyl groups is 1. The minimum Gasteiger partial charge on any atom is -0.494 e. The minimum atomic E-state index is -0.00768. The van der Waals surface area contributed by atoms with Gasteiger partial charge in [-0.15, -0.1) is 0 Å². The molecular weight excluding hydrogens is 474 g/mol. The molecule has 7 nitrogen and oxygen atoms in total. The first-order valence-electron chi connectivity index (χ1n) is 11.9. The highest BCUT2D eigenvalue weighted by Crippen LogP contribution is 2.33. The SMILES string of the molecule is CN1CCN(C(=O)N(C)c2ccc(N=C(c3ccccc3)c3c(O)[nH]c4cc(Cl)ccc34)cc2)CC1. The predicted octanol–water partition coefficient (Wildman–Crippen LogP) is 5.50. The summed E-state index contributed by atoms with van der Waals surface area (Å²) in [5.74, 6) is 0.0315. The summed E-state index contributed by atoms with van der Waals surface area (Å²) in [4.78, 5) is 26.7. The molecule has 0 spiro atoms. The van der Waals surface area contributed by atoms with E-state index < -0.39 is 0 Å². The number of rotatable bonds is 4. The number of likely N-dealkylation sites (N-methyl/N-ethyl adjacent to an activating group) is 1. The molecule has 36 heavy (non-hydrogen) atoms. The molecule has 8 heteroatoms. The van der Waals surface area contributed by atoms with Crippen molar-refractivity contribution in [2.45, 2.75) is 0 Å². The quantitative estimate of drug-likeness (QED) is 0.362. The Labute approximate surface area is 215 Å². The van der Waals surface area contributed by atoms with Crippen LogP contribution in [0, 0.1) is 0 Å². The average molecular weight is 502 g/mol. The number of anilines is 1. The van der Waals surface area contributed by atoms with E-state index in [2.05, 4.69) is 16.9 Å². The fourth-order valence-electron chi connectivity index (χ4n) is 4.46. The van der Waals surface area contributed by atoms with Gasteiger partial charge in [0.2, 0.25) is 0 Å². The van der Waals surface area contributed by atoms with Crippen LogP contribution in [0.2, 0.25) is 5.02 Å². The van der Waals surface area contributed by atoms with Gasteiger partial charge < -0.3 is 19.9 Å². The van der Waals surface area contributed by atoms with E-state index in [0.717, 1.165) is 48.3 Å². The van der Waals surface area contributed by atoms with Gasteiger partial charge in [-0.1, -0.05) is 48.0 Å². The molecular formula is C28H28ClN5O2. The van der Waals surface area contributed by atoms with Gasteiger partial charge in [-0.2, -0.15) is 0 Å². The van der Waals surface area contributed by atoms with E-state index >= 15 is 0 Å². The van der Waals surface area contributed by atoms with Crippen LogP contribution in [0.25, 0.3) is 10.9 Å². The largest absolute Gasteiger partial charge is 0.494 e. The van der Waals surface area contributed by atoms with Crippen LogP contribution in [0.15, 0.2) is 77.8 Å². The van der Waals surface area contributed by atoms with Crippen molar-refractivity contribution < 1.29 is 9.90 Å². The zero-order valence-corrected chi connectivity index (χ0v) is 21.0. The molecule has 2 N–H and O–H groups in total. The van der Waals surface area contributed by atoms with Gasteiger partial charge in [-0.3, -0.25) is 4.90 Å². The number of aromatic nitrogens is 1. The van der Waals surface area contributed by atoms with Gasteiger partial charge in [-0.05, 0) is 43.4 Å². The zero-order chi connectivity index (χ0) is 25.2. The molecule has 1 aliphatic heterocycles. The number of benzene rings is 3. The van der Waals surface area contributed by atoms with Crippen LogP contribution in [-0.2, 0) is 0 Å². The Morgan fingerprint density at radius 3 is 2.39 bits per heavy atom. The molecule has 1 aliphatic rings. The van der Waals surface area contributed by atoms with Gasteiger partial charge >= 0.3 is 6.03 Å². The molecule has 0 bridgehead atoms. The molecule has 5 rings (SSSR count). The summed E-state index contributed by atoms with van der Waals surface area (Å²) in [5, 5.41) is 12.2. The lowest BCUT2D eigenvalue weighted by Gasteiger charge is -2.35. The van der Waals surface area contributed by atoms with Gasteiger partial charge in [0.15, 0.2) is 5.88 Å². The molecule has 1 fully saturated rings. The Morgan fingerprint density at radius 2 is 1.69 bits per heavy atom. The third-order valence-corrected chi connectivity index (χ3v) is 6.80. The number of urea groups is 1. The number of halogens is 1. The number of aromatic amines is 1. The lowest BCUT2D eigenvalue weighted by Crippen LogP contribution is -2.51. The van der Waals surface area contributed by atoms with Crippen LogP contribution in [-0.4, -0.2) is 71.9 Å². The summed E-state index contributed by atoms with van der Waals surface area (Å²) in [6.07, 6.45) is 0. The zero-order valence-electron chi connectivity index (χ0n) is 20.3. The lowest BCUT2D eigenvalue weighted by molar-refractivity contribution is 0.160. The van der Waals surface area contributed by atoms with Gasteiger partial charge in [0, 0.05) is 54.9 Å². The molecule has 184 valence electrons. The van der Waals surface area contributed by atoms with Crippen molar-refractivity contribution in [2.24, 2.45) is 4.99 Å². The molecule has 0 atom stereocenters. The summed E-state index contributed by atoms with van der Waals surface area (Å²) in [7, 11) is 3.86. The fourth-order valence-corrected chi connectivity index (χ4v) is 4.63. The van der Waals surface area contributed by atoms with Crippen LogP contribution in [0.1, 0.15) is 11.1 Å². The van der Waals surface area contributed by atoms with E-state index in [9.17, 15) is 9.90 Å². The Balaban J connectivity index is 1.48. The number of piperazine rings is 1. The minimum absolute atomic E-state index is 0.00768. The van der Waals surface area contributed by atoms with Crippen LogP contribution in [0.4, 0.5) is 16.2 Å². The van der Waals surface area contributed by atoms with Crippen molar-refractivity contribution in [3.05, 3.63) is 88.9 Å². The maximum absolute atomic E-state index is 13.0. The van der Waals surface area contributed by atoms with Gasteiger partial charge in [-0.25, -0.2) is 9.79 Å². The molecule has 0 saturated carbocycles. The molecule has 0 unspecified atom stereocenters. The molecule has 2 amide bonds. The average Bonchev–Trinajstić information content (AvgIpc) is 3.22. The topological polar surface area (TPSA) is 75.2 Å². The summed E-state index contributed by atoms with van der Waals surface area (Å²) in [6, 6.07) is 22.8. The second-order valence-corrected chi connectivity index (χ2v) is 9.45. The molecule has 0 radical (unpaired) electrons. The number of nitrogens with zero attached hydrogens (tertiary/aromatic N) is 4. The number of hydrogen-bond donors (Lipinski definition) is 2. The Hall–Kier alpha value is -3.81. The molecule has 2 heterocycles. The smallest absolute Gasteiger partial charge is 0.324 e. The number of amides is 2.